The predicted molar refractivity (Wildman–Crippen MR) is 68.8 cm³/mol. The molecule has 0 saturated heterocycles. The molecule has 0 heterocycles. The molecule has 1 saturated carbocycles. The van der Waals surface area contributed by atoms with Gasteiger partial charge in [0.15, 0.2) is 0 Å². The van der Waals surface area contributed by atoms with Crippen LogP contribution in [0.2, 0.25) is 0 Å². The number of nitrogens with one attached hydrogen (secondary N) is 1. The van der Waals surface area contributed by atoms with Crippen LogP contribution in [0.5, 0.6) is 0 Å². The number of urea groups is 1. The molecule has 1 fully saturated rings. The highest BCUT2D eigenvalue weighted by atomic mass is 16.3. The highest BCUT2D eigenvalue weighted by Gasteiger charge is 2.42. The van der Waals surface area contributed by atoms with Crippen molar-refractivity contribution < 1.29 is 9.90 Å². The van der Waals surface area contributed by atoms with Crippen LogP contribution in [0.15, 0.2) is 0 Å². The summed E-state index contributed by atoms with van der Waals surface area (Å²) in [6.45, 7) is 7.28. The molecular formula is C13H26N2O2. The summed E-state index contributed by atoms with van der Waals surface area (Å²) in [5.74, 6) is 0.685. The van der Waals surface area contributed by atoms with Crippen LogP contribution in [-0.4, -0.2) is 42.3 Å². The van der Waals surface area contributed by atoms with Gasteiger partial charge in [-0.3, -0.25) is 0 Å². The Hall–Kier alpha value is -0.770. The molecule has 0 spiro atoms. The summed E-state index contributed by atoms with van der Waals surface area (Å²) in [6, 6.07) is -0.0825. The molecule has 0 bridgehead atoms. The van der Waals surface area contributed by atoms with Crippen LogP contribution >= 0.6 is 0 Å². The summed E-state index contributed by atoms with van der Waals surface area (Å²) < 4.78 is 0. The van der Waals surface area contributed by atoms with Gasteiger partial charge in [-0.2, -0.15) is 0 Å². The van der Waals surface area contributed by atoms with E-state index in [0.717, 1.165) is 6.54 Å². The summed E-state index contributed by atoms with van der Waals surface area (Å²) in [5.41, 5.74) is 0.357. The minimum Gasteiger partial charge on any atom is -0.392 e. The van der Waals surface area contributed by atoms with E-state index in [9.17, 15) is 9.90 Å². The first kappa shape index (κ1) is 14.3. The lowest BCUT2D eigenvalue weighted by molar-refractivity contribution is 0.143. The molecule has 1 aliphatic carbocycles. The molecule has 0 aromatic carbocycles. The quantitative estimate of drug-likeness (QED) is 0.746. The molecule has 100 valence electrons. The van der Waals surface area contributed by atoms with Gasteiger partial charge in [0.1, 0.15) is 0 Å². The van der Waals surface area contributed by atoms with Crippen molar-refractivity contribution in [3.05, 3.63) is 0 Å². The van der Waals surface area contributed by atoms with Gasteiger partial charge in [0.05, 0.1) is 6.10 Å². The fraction of sp³-hybridized carbons (Fsp3) is 0.923. The topological polar surface area (TPSA) is 52.6 Å². The maximum atomic E-state index is 11.7. The van der Waals surface area contributed by atoms with E-state index < -0.39 is 6.10 Å². The van der Waals surface area contributed by atoms with E-state index in [1.165, 1.54) is 24.2 Å². The summed E-state index contributed by atoms with van der Waals surface area (Å²) in [7, 11) is 1.71. The largest absolute Gasteiger partial charge is 0.392 e. The fourth-order valence-electron chi connectivity index (χ4n) is 2.37. The molecule has 0 radical (unpaired) electrons. The van der Waals surface area contributed by atoms with Crippen LogP contribution in [-0.2, 0) is 0 Å². The molecule has 17 heavy (non-hydrogen) atoms. The Balaban J connectivity index is 2.28. The monoisotopic (exact) mass is 242 g/mol. The molecule has 1 aliphatic rings. The van der Waals surface area contributed by atoms with Gasteiger partial charge in [-0.25, -0.2) is 4.79 Å². The predicted octanol–water partition coefficient (Wildman–Crippen LogP) is 1.83. The first-order chi connectivity index (χ1) is 7.84. The number of nitrogens with zero attached hydrogens (tertiary/aromatic N) is 1. The van der Waals surface area contributed by atoms with E-state index >= 15 is 0 Å². The minimum atomic E-state index is -0.476. The standard InChI is InChI=1S/C13H26N2O2/c1-10(2)7-13(5-6-13)9-14-12(17)15(4)8-11(3)16/h10-11,16H,5-9H2,1-4H3,(H,14,17). The van der Waals surface area contributed by atoms with Gasteiger partial charge in [-0.1, -0.05) is 13.8 Å². The van der Waals surface area contributed by atoms with Gasteiger partial charge >= 0.3 is 6.03 Å². The van der Waals surface area contributed by atoms with Gasteiger partial charge in [0, 0.05) is 20.1 Å². The average molecular weight is 242 g/mol. The molecule has 1 atom stereocenters. The second-order valence-electron chi connectivity index (χ2n) is 5.99. The molecule has 4 nitrogen and oxygen atoms in total. The van der Waals surface area contributed by atoms with Gasteiger partial charge in [-0.15, -0.1) is 0 Å². The van der Waals surface area contributed by atoms with Gasteiger partial charge < -0.3 is 15.3 Å². The van der Waals surface area contributed by atoms with Crippen LogP contribution in [0.3, 0.4) is 0 Å². The van der Waals surface area contributed by atoms with Crippen molar-refractivity contribution in [1.29, 1.82) is 0 Å². The number of hydrogen-bond acceptors (Lipinski definition) is 2. The molecule has 4 heteroatoms. The summed E-state index contributed by atoms with van der Waals surface area (Å²) in [5, 5.41) is 12.2. The van der Waals surface area contributed by atoms with Gasteiger partial charge in [-0.05, 0) is 37.5 Å². The molecule has 1 rings (SSSR count). The molecule has 2 amide bonds. The van der Waals surface area contributed by atoms with E-state index in [4.69, 9.17) is 0 Å². The Bertz CT molecular complexity index is 260. The second kappa shape index (κ2) is 5.71. The van der Waals surface area contributed by atoms with E-state index in [2.05, 4.69) is 19.2 Å². The van der Waals surface area contributed by atoms with E-state index in [-0.39, 0.29) is 6.03 Å². The zero-order chi connectivity index (χ0) is 13.1. The highest BCUT2D eigenvalue weighted by molar-refractivity contribution is 5.73. The average Bonchev–Trinajstić information content (AvgIpc) is 2.92. The Morgan fingerprint density at radius 1 is 1.41 bits per heavy atom. The van der Waals surface area contributed by atoms with Crippen molar-refractivity contribution in [1.82, 2.24) is 10.2 Å². The third kappa shape index (κ3) is 4.94. The van der Waals surface area contributed by atoms with Crippen molar-refractivity contribution in [3.8, 4) is 0 Å². The zero-order valence-corrected chi connectivity index (χ0v) is 11.5. The number of aliphatic hydroxyl groups excluding tert-OH is 1. The number of carbonyl (C=O) groups excluding carboxylic acids is 1. The van der Waals surface area contributed by atoms with E-state index in [1.807, 2.05) is 0 Å². The van der Waals surface area contributed by atoms with Crippen molar-refractivity contribution in [3.63, 3.8) is 0 Å². The van der Waals surface area contributed by atoms with Crippen LogP contribution in [0.1, 0.15) is 40.0 Å². The Morgan fingerprint density at radius 3 is 2.41 bits per heavy atom. The zero-order valence-electron chi connectivity index (χ0n) is 11.5. The summed E-state index contributed by atoms with van der Waals surface area (Å²) in [6.07, 6.45) is 3.17. The van der Waals surface area contributed by atoms with E-state index in [1.54, 1.807) is 14.0 Å². The molecule has 0 aliphatic heterocycles. The maximum absolute atomic E-state index is 11.7. The van der Waals surface area contributed by atoms with Crippen molar-refractivity contribution in [2.45, 2.75) is 46.1 Å². The third-order valence-corrected chi connectivity index (χ3v) is 3.30. The first-order valence-corrected chi connectivity index (χ1v) is 6.52. The lowest BCUT2D eigenvalue weighted by Crippen LogP contribution is -2.42. The minimum absolute atomic E-state index is 0.0825. The Kier molecular flexibility index (Phi) is 4.80. The van der Waals surface area contributed by atoms with Crippen molar-refractivity contribution in [2.75, 3.05) is 20.1 Å². The van der Waals surface area contributed by atoms with Gasteiger partial charge in [0.25, 0.3) is 0 Å². The van der Waals surface area contributed by atoms with Crippen LogP contribution in [0.25, 0.3) is 0 Å². The Morgan fingerprint density at radius 2 is 2.00 bits per heavy atom. The Labute approximate surface area is 104 Å². The SMILES string of the molecule is CC(C)CC1(CNC(=O)N(C)CC(C)O)CC1. The lowest BCUT2D eigenvalue weighted by atomic mass is 9.94. The number of likely N-dealkylation sites (N-methyl/N-ethyl adjacent to an activating group) is 1. The summed E-state index contributed by atoms with van der Waals surface area (Å²) >= 11 is 0. The number of hydrogen-bond donors (Lipinski definition) is 2. The maximum Gasteiger partial charge on any atom is 0.317 e. The molecule has 1 unspecified atom stereocenters. The highest BCUT2D eigenvalue weighted by Crippen LogP contribution is 2.49. The normalized spacial score (nSPS) is 18.9. The second-order valence-corrected chi connectivity index (χ2v) is 5.99. The van der Waals surface area contributed by atoms with Gasteiger partial charge in [0.2, 0.25) is 0 Å². The fourth-order valence-corrected chi connectivity index (χ4v) is 2.37. The number of aliphatic hydroxyl groups is 1. The number of rotatable bonds is 6. The number of amides is 2. The third-order valence-electron chi connectivity index (χ3n) is 3.30. The number of carbonyl (C=O) groups is 1. The smallest absolute Gasteiger partial charge is 0.317 e. The molecule has 2 N–H and O–H groups in total. The van der Waals surface area contributed by atoms with Crippen LogP contribution in [0.4, 0.5) is 4.79 Å². The van der Waals surface area contributed by atoms with Crippen LogP contribution < -0.4 is 5.32 Å². The van der Waals surface area contributed by atoms with Crippen molar-refractivity contribution in [2.24, 2.45) is 11.3 Å². The van der Waals surface area contributed by atoms with Crippen LogP contribution in [0, 0.1) is 11.3 Å². The molecular weight excluding hydrogens is 216 g/mol. The molecule has 0 aromatic rings. The lowest BCUT2D eigenvalue weighted by Gasteiger charge is -2.23. The van der Waals surface area contributed by atoms with Crippen molar-refractivity contribution >= 4 is 6.03 Å². The first-order valence-electron chi connectivity index (χ1n) is 6.52. The molecule has 0 aromatic heterocycles. The summed E-state index contributed by atoms with van der Waals surface area (Å²) in [4.78, 5) is 13.3. The van der Waals surface area contributed by atoms with E-state index in [0.29, 0.717) is 17.9 Å².